The van der Waals surface area contributed by atoms with Gasteiger partial charge in [0, 0.05) is 17.3 Å². The van der Waals surface area contributed by atoms with Gasteiger partial charge in [0.05, 0.1) is 5.75 Å². The van der Waals surface area contributed by atoms with Crippen molar-refractivity contribution in [3.63, 3.8) is 0 Å². The monoisotopic (exact) mass is 204 g/mol. The minimum absolute atomic E-state index is 0.0816. The van der Waals surface area contributed by atoms with E-state index in [4.69, 9.17) is 5.73 Å². The summed E-state index contributed by atoms with van der Waals surface area (Å²) in [6.45, 7) is 7.86. The molecule has 0 saturated heterocycles. The predicted octanol–water partition coefficient (Wildman–Crippen LogP) is 0.981. The number of hydrogen-bond acceptors (Lipinski definition) is 3. The van der Waals surface area contributed by atoms with Crippen LogP contribution in [-0.2, 0) is 4.79 Å². The van der Waals surface area contributed by atoms with Crippen molar-refractivity contribution in [1.82, 2.24) is 5.32 Å². The third kappa shape index (κ3) is 9.70. The number of rotatable bonds is 4. The van der Waals surface area contributed by atoms with E-state index in [1.807, 2.05) is 27.7 Å². The van der Waals surface area contributed by atoms with E-state index in [2.05, 4.69) is 5.32 Å². The second-order valence-corrected chi connectivity index (χ2v) is 5.32. The van der Waals surface area contributed by atoms with Crippen molar-refractivity contribution in [3.05, 3.63) is 0 Å². The summed E-state index contributed by atoms with van der Waals surface area (Å²) in [7, 11) is 0. The first-order valence-electron chi connectivity index (χ1n) is 4.45. The van der Waals surface area contributed by atoms with E-state index >= 15 is 0 Å². The van der Waals surface area contributed by atoms with Gasteiger partial charge in [-0.1, -0.05) is 0 Å². The van der Waals surface area contributed by atoms with E-state index in [0.717, 1.165) is 5.75 Å². The van der Waals surface area contributed by atoms with Crippen molar-refractivity contribution in [2.24, 2.45) is 5.73 Å². The largest absolute Gasteiger partial charge is 0.351 e. The SMILES string of the molecule is CC(N)CSCC(=O)NC(C)(C)C. The van der Waals surface area contributed by atoms with Gasteiger partial charge in [0.15, 0.2) is 0 Å². The maximum Gasteiger partial charge on any atom is 0.230 e. The van der Waals surface area contributed by atoms with Gasteiger partial charge in [-0.05, 0) is 27.7 Å². The smallest absolute Gasteiger partial charge is 0.230 e. The topological polar surface area (TPSA) is 55.1 Å². The molecular formula is C9H20N2OS. The van der Waals surface area contributed by atoms with Crippen LogP contribution in [0.5, 0.6) is 0 Å². The molecule has 4 heteroatoms. The van der Waals surface area contributed by atoms with Crippen LogP contribution in [0.1, 0.15) is 27.7 Å². The summed E-state index contributed by atoms with van der Waals surface area (Å²) in [4.78, 5) is 11.3. The van der Waals surface area contributed by atoms with Gasteiger partial charge in [-0.2, -0.15) is 11.8 Å². The molecule has 0 rings (SSSR count). The van der Waals surface area contributed by atoms with Crippen LogP contribution in [0.2, 0.25) is 0 Å². The van der Waals surface area contributed by atoms with E-state index < -0.39 is 0 Å². The van der Waals surface area contributed by atoms with Crippen molar-refractivity contribution >= 4 is 17.7 Å². The lowest BCUT2D eigenvalue weighted by atomic mass is 10.1. The summed E-state index contributed by atoms with van der Waals surface area (Å²) < 4.78 is 0. The number of hydrogen-bond donors (Lipinski definition) is 2. The molecule has 0 saturated carbocycles. The Bertz CT molecular complexity index is 163. The molecule has 1 unspecified atom stereocenters. The first-order chi connectivity index (χ1) is 5.81. The molecule has 3 nitrogen and oxygen atoms in total. The Morgan fingerprint density at radius 2 is 2.08 bits per heavy atom. The van der Waals surface area contributed by atoms with E-state index in [0.29, 0.717) is 5.75 Å². The molecule has 1 amide bonds. The van der Waals surface area contributed by atoms with Crippen molar-refractivity contribution in [1.29, 1.82) is 0 Å². The molecule has 0 aromatic rings. The molecule has 3 N–H and O–H groups in total. The van der Waals surface area contributed by atoms with Crippen LogP contribution in [0.3, 0.4) is 0 Å². The normalized spacial score (nSPS) is 13.9. The first kappa shape index (κ1) is 12.8. The van der Waals surface area contributed by atoms with Crippen LogP contribution in [0.25, 0.3) is 0 Å². The zero-order chi connectivity index (χ0) is 10.5. The van der Waals surface area contributed by atoms with Crippen LogP contribution in [0.4, 0.5) is 0 Å². The molecule has 0 heterocycles. The summed E-state index contributed by atoms with van der Waals surface area (Å²) >= 11 is 1.57. The number of amides is 1. The molecule has 0 radical (unpaired) electrons. The van der Waals surface area contributed by atoms with Gasteiger partial charge >= 0.3 is 0 Å². The molecule has 0 aromatic heterocycles. The minimum Gasteiger partial charge on any atom is -0.351 e. The first-order valence-corrected chi connectivity index (χ1v) is 5.61. The second kappa shape index (κ2) is 5.50. The predicted molar refractivity (Wildman–Crippen MR) is 58.9 cm³/mol. The van der Waals surface area contributed by atoms with Crippen molar-refractivity contribution < 1.29 is 4.79 Å². The van der Waals surface area contributed by atoms with Crippen LogP contribution in [0.15, 0.2) is 0 Å². The zero-order valence-corrected chi connectivity index (χ0v) is 9.70. The fourth-order valence-electron chi connectivity index (χ4n) is 0.792. The average molecular weight is 204 g/mol. The van der Waals surface area contributed by atoms with Crippen LogP contribution >= 0.6 is 11.8 Å². The molecule has 0 aromatic carbocycles. The molecule has 13 heavy (non-hydrogen) atoms. The van der Waals surface area contributed by atoms with Crippen molar-refractivity contribution in [2.45, 2.75) is 39.3 Å². The fraction of sp³-hybridized carbons (Fsp3) is 0.889. The maximum atomic E-state index is 11.3. The highest BCUT2D eigenvalue weighted by atomic mass is 32.2. The lowest BCUT2D eigenvalue weighted by Gasteiger charge is -2.20. The van der Waals surface area contributed by atoms with Crippen molar-refractivity contribution in [3.8, 4) is 0 Å². The lowest BCUT2D eigenvalue weighted by molar-refractivity contribution is -0.119. The van der Waals surface area contributed by atoms with Crippen LogP contribution < -0.4 is 11.1 Å². The Morgan fingerprint density at radius 3 is 2.46 bits per heavy atom. The van der Waals surface area contributed by atoms with E-state index in [1.54, 1.807) is 11.8 Å². The number of nitrogens with one attached hydrogen (secondary N) is 1. The number of thioether (sulfide) groups is 1. The Kier molecular flexibility index (Phi) is 5.40. The van der Waals surface area contributed by atoms with E-state index in [-0.39, 0.29) is 17.5 Å². The third-order valence-corrected chi connectivity index (χ3v) is 2.36. The summed E-state index contributed by atoms with van der Waals surface area (Å²) in [6.07, 6.45) is 0. The van der Waals surface area contributed by atoms with Crippen LogP contribution in [-0.4, -0.2) is 29.0 Å². The lowest BCUT2D eigenvalue weighted by Crippen LogP contribution is -2.41. The molecular weight excluding hydrogens is 184 g/mol. The van der Waals surface area contributed by atoms with E-state index in [9.17, 15) is 4.79 Å². The molecule has 78 valence electrons. The molecule has 0 aliphatic rings. The number of nitrogens with two attached hydrogens (primary N) is 1. The Labute approximate surface area is 84.8 Å². The highest BCUT2D eigenvalue weighted by Crippen LogP contribution is 2.03. The standard InChI is InChI=1S/C9H20N2OS/c1-7(10)5-13-6-8(12)11-9(2,3)4/h7H,5-6,10H2,1-4H3,(H,11,12). The van der Waals surface area contributed by atoms with E-state index in [1.165, 1.54) is 0 Å². The van der Waals surface area contributed by atoms with Gasteiger partial charge in [-0.3, -0.25) is 4.79 Å². The molecule has 0 aliphatic heterocycles. The Balaban J connectivity index is 3.53. The summed E-state index contributed by atoms with van der Waals surface area (Å²) in [5.74, 6) is 1.41. The van der Waals surface area contributed by atoms with Gasteiger partial charge in [0.2, 0.25) is 5.91 Å². The van der Waals surface area contributed by atoms with Crippen molar-refractivity contribution in [2.75, 3.05) is 11.5 Å². The quantitative estimate of drug-likeness (QED) is 0.718. The maximum absolute atomic E-state index is 11.3. The van der Waals surface area contributed by atoms with Gasteiger partial charge in [0.25, 0.3) is 0 Å². The number of carbonyl (C=O) groups is 1. The summed E-state index contributed by atoms with van der Waals surface area (Å²) in [5.41, 5.74) is 5.42. The van der Waals surface area contributed by atoms with Gasteiger partial charge in [-0.15, -0.1) is 0 Å². The molecule has 0 spiro atoms. The molecule has 1 atom stereocenters. The average Bonchev–Trinajstić information content (AvgIpc) is 1.81. The Hall–Kier alpha value is -0.220. The third-order valence-electron chi connectivity index (χ3n) is 1.13. The highest BCUT2D eigenvalue weighted by molar-refractivity contribution is 7.99. The Morgan fingerprint density at radius 1 is 1.54 bits per heavy atom. The second-order valence-electron chi connectivity index (χ2n) is 4.29. The summed E-state index contributed by atoms with van der Waals surface area (Å²) in [5, 5.41) is 2.89. The highest BCUT2D eigenvalue weighted by Gasteiger charge is 2.13. The minimum atomic E-state index is -0.133. The van der Waals surface area contributed by atoms with Gasteiger partial charge < -0.3 is 11.1 Å². The fourth-order valence-corrected chi connectivity index (χ4v) is 1.54. The molecule has 0 fully saturated rings. The van der Waals surface area contributed by atoms with Gasteiger partial charge in [-0.25, -0.2) is 0 Å². The molecule has 0 aliphatic carbocycles. The van der Waals surface area contributed by atoms with Gasteiger partial charge in [0.1, 0.15) is 0 Å². The number of carbonyl (C=O) groups excluding carboxylic acids is 1. The molecule has 0 bridgehead atoms. The zero-order valence-electron chi connectivity index (χ0n) is 8.89. The summed E-state index contributed by atoms with van der Waals surface area (Å²) in [6, 6.07) is 0.160. The van der Waals surface area contributed by atoms with Crippen LogP contribution in [0, 0.1) is 0 Å².